The first-order valence-electron chi connectivity index (χ1n) is 9.43. The first kappa shape index (κ1) is 19.7. The topological polar surface area (TPSA) is 65.1 Å². The first-order chi connectivity index (χ1) is 13.7. The van der Waals surface area contributed by atoms with Gasteiger partial charge in [0.1, 0.15) is 11.5 Å². The molecule has 0 saturated heterocycles. The van der Waals surface area contributed by atoms with E-state index in [-0.39, 0.29) is 24.9 Å². The lowest BCUT2D eigenvalue weighted by Gasteiger charge is -2.28. The Morgan fingerprint density at radius 1 is 1.00 bits per heavy atom. The van der Waals surface area contributed by atoms with Gasteiger partial charge >= 0.3 is 5.97 Å². The number of ether oxygens (including phenoxy) is 3. The van der Waals surface area contributed by atoms with Gasteiger partial charge in [-0.25, -0.2) is 0 Å². The maximum Gasteiger partial charge on any atom is 0.306 e. The van der Waals surface area contributed by atoms with Crippen LogP contribution in [-0.4, -0.2) is 43.6 Å². The first-order valence-corrected chi connectivity index (χ1v) is 9.43. The lowest BCUT2D eigenvalue weighted by molar-refractivity contribution is -0.152. The molecule has 0 aromatic heterocycles. The molecule has 1 amide bonds. The highest BCUT2D eigenvalue weighted by Crippen LogP contribution is 2.19. The molecule has 0 aliphatic carbocycles. The number of esters is 1. The maximum absolute atomic E-state index is 12.3. The third kappa shape index (κ3) is 5.49. The number of hydrogen-bond donors (Lipinski definition) is 0. The van der Waals surface area contributed by atoms with Crippen molar-refractivity contribution < 1.29 is 23.8 Å². The van der Waals surface area contributed by atoms with Crippen molar-refractivity contribution in [2.75, 3.05) is 26.9 Å². The zero-order chi connectivity index (χ0) is 19.8. The molecule has 0 radical (unpaired) electrons. The fourth-order valence-corrected chi connectivity index (χ4v) is 3.09. The van der Waals surface area contributed by atoms with Gasteiger partial charge in [0.25, 0.3) is 5.91 Å². The molecule has 0 spiro atoms. The van der Waals surface area contributed by atoms with E-state index in [1.165, 1.54) is 5.56 Å². The second kappa shape index (κ2) is 9.78. The van der Waals surface area contributed by atoms with E-state index in [1.807, 2.05) is 42.5 Å². The highest BCUT2D eigenvalue weighted by molar-refractivity contribution is 5.80. The normalized spacial score (nSPS) is 12.8. The Bertz CT molecular complexity index is 803. The van der Waals surface area contributed by atoms with Crippen molar-refractivity contribution in [1.82, 2.24) is 4.90 Å². The minimum Gasteiger partial charge on any atom is -0.497 e. The van der Waals surface area contributed by atoms with Gasteiger partial charge in [0.05, 0.1) is 13.7 Å². The van der Waals surface area contributed by atoms with Crippen LogP contribution in [0.2, 0.25) is 0 Å². The van der Waals surface area contributed by atoms with Crippen LogP contribution in [-0.2, 0) is 27.3 Å². The minimum absolute atomic E-state index is 0.155. The van der Waals surface area contributed by atoms with E-state index in [4.69, 9.17) is 14.2 Å². The average molecular weight is 383 g/mol. The van der Waals surface area contributed by atoms with E-state index in [1.54, 1.807) is 12.0 Å². The van der Waals surface area contributed by atoms with Crippen molar-refractivity contribution >= 4 is 11.9 Å². The minimum atomic E-state index is -0.385. The van der Waals surface area contributed by atoms with Gasteiger partial charge in [-0.2, -0.15) is 0 Å². The van der Waals surface area contributed by atoms with Crippen molar-refractivity contribution in [2.24, 2.45) is 0 Å². The summed E-state index contributed by atoms with van der Waals surface area (Å²) in [5, 5.41) is 0. The molecular formula is C22H25NO5. The van der Waals surface area contributed by atoms with Crippen molar-refractivity contribution in [3.8, 4) is 11.5 Å². The summed E-state index contributed by atoms with van der Waals surface area (Å²) in [6.45, 7) is 1.42. The fraction of sp³-hybridized carbons (Fsp3) is 0.364. The number of fused-ring (bicyclic) bond motifs is 1. The number of nitrogens with zero attached hydrogens (tertiary/aromatic N) is 1. The molecule has 0 N–H and O–H groups in total. The SMILES string of the molecule is COc1ccc(OCCCC(=O)OCC(=O)N2CCc3ccccc3C2)cc1. The summed E-state index contributed by atoms with van der Waals surface area (Å²) in [5.41, 5.74) is 2.43. The fourth-order valence-electron chi connectivity index (χ4n) is 3.09. The molecule has 0 atom stereocenters. The van der Waals surface area contributed by atoms with Crippen LogP contribution in [0.3, 0.4) is 0 Å². The van der Waals surface area contributed by atoms with E-state index in [2.05, 4.69) is 6.07 Å². The molecule has 1 aliphatic heterocycles. The van der Waals surface area contributed by atoms with Crippen LogP contribution in [0.4, 0.5) is 0 Å². The summed E-state index contributed by atoms with van der Waals surface area (Å²) in [7, 11) is 1.61. The van der Waals surface area contributed by atoms with Crippen LogP contribution < -0.4 is 9.47 Å². The van der Waals surface area contributed by atoms with E-state index < -0.39 is 0 Å². The molecule has 6 heteroatoms. The highest BCUT2D eigenvalue weighted by Gasteiger charge is 2.21. The van der Waals surface area contributed by atoms with Crippen LogP contribution in [0.25, 0.3) is 0 Å². The highest BCUT2D eigenvalue weighted by atomic mass is 16.5. The number of benzene rings is 2. The molecule has 3 rings (SSSR count). The van der Waals surface area contributed by atoms with Gasteiger partial charge in [0.2, 0.25) is 0 Å². The third-order valence-electron chi connectivity index (χ3n) is 4.69. The number of rotatable bonds is 8. The lowest BCUT2D eigenvalue weighted by Crippen LogP contribution is -2.38. The summed E-state index contributed by atoms with van der Waals surface area (Å²) in [5.74, 6) is 0.939. The Balaban J connectivity index is 1.32. The zero-order valence-corrected chi connectivity index (χ0v) is 16.1. The van der Waals surface area contributed by atoms with Crippen molar-refractivity contribution in [1.29, 1.82) is 0 Å². The largest absolute Gasteiger partial charge is 0.497 e. The molecule has 0 unspecified atom stereocenters. The van der Waals surface area contributed by atoms with Crippen molar-refractivity contribution in [2.45, 2.75) is 25.8 Å². The average Bonchev–Trinajstić information content (AvgIpc) is 2.75. The Morgan fingerprint density at radius 2 is 1.71 bits per heavy atom. The maximum atomic E-state index is 12.3. The molecule has 1 heterocycles. The predicted molar refractivity (Wildman–Crippen MR) is 104 cm³/mol. The second-order valence-electron chi connectivity index (χ2n) is 6.62. The van der Waals surface area contributed by atoms with Gasteiger partial charge < -0.3 is 19.1 Å². The Morgan fingerprint density at radius 3 is 2.46 bits per heavy atom. The molecule has 148 valence electrons. The quantitative estimate of drug-likeness (QED) is 0.518. The van der Waals surface area contributed by atoms with Gasteiger partial charge in [0.15, 0.2) is 6.61 Å². The van der Waals surface area contributed by atoms with E-state index in [0.29, 0.717) is 26.1 Å². The lowest BCUT2D eigenvalue weighted by atomic mass is 10.00. The smallest absolute Gasteiger partial charge is 0.306 e. The molecule has 28 heavy (non-hydrogen) atoms. The molecule has 6 nitrogen and oxygen atoms in total. The van der Waals surface area contributed by atoms with Crippen LogP contribution in [0.15, 0.2) is 48.5 Å². The van der Waals surface area contributed by atoms with Crippen LogP contribution in [0, 0.1) is 0 Å². The number of amides is 1. The van der Waals surface area contributed by atoms with Crippen molar-refractivity contribution in [3.63, 3.8) is 0 Å². The van der Waals surface area contributed by atoms with Crippen LogP contribution >= 0.6 is 0 Å². The Kier molecular flexibility index (Phi) is 6.89. The predicted octanol–water partition coefficient (Wildman–Crippen LogP) is 2.98. The van der Waals surface area contributed by atoms with E-state index in [0.717, 1.165) is 23.5 Å². The van der Waals surface area contributed by atoms with E-state index >= 15 is 0 Å². The number of carbonyl (C=O) groups is 2. The van der Waals surface area contributed by atoms with Gasteiger partial charge in [-0.15, -0.1) is 0 Å². The van der Waals surface area contributed by atoms with Gasteiger partial charge in [0, 0.05) is 19.5 Å². The standard InChI is InChI=1S/C22H25NO5/c1-26-19-8-10-20(11-9-19)27-14-4-7-22(25)28-16-21(24)23-13-12-17-5-2-3-6-18(17)15-23/h2-3,5-6,8-11H,4,7,12-16H2,1H3. The Labute approximate surface area is 165 Å². The van der Waals surface area contributed by atoms with E-state index in [9.17, 15) is 9.59 Å². The van der Waals surface area contributed by atoms with Gasteiger partial charge in [-0.1, -0.05) is 24.3 Å². The summed E-state index contributed by atoms with van der Waals surface area (Å²) < 4.78 is 15.8. The number of carbonyl (C=O) groups excluding carboxylic acids is 2. The van der Waals surface area contributed by atoms with Crippen LogP contribution in [0.5, 0.6) is 11.5 Å². The van der Waals surface area contributed by atoms with Crippen molar-refractivity contribution in [3.05, 3.63) is 59.7 Å². The number of hydrogen-bond acceptors (Lipinski definition) is 5. The molecule has 0 fully saturated rings. The monoisotopic (exact) mass is 383 g/mol. The molecule has 2 aromatic rings. The molecule has 2 aromatic carbocycles. The summed E-state index contributed by atoms with van der Waals surface area (Å²) in [4.78, 5) is 25.9. The van der Waals surface area contributed by atoms with Gasteiger partial charge in [-0.3, -0.25) is 9.59 Å². The number of methoxy groups -OCH3 is 1. The Hall–Kier alpha value is -3.02. The molecule has 0 bridgehead atoms. The van der Waals surface area contributed by atoms with Gasteiger partial charge in [-0.05, 0) is 48.2 Å². The third-order valence-corrected chi connectivity index (χ3v) is 4.69. The summed E-state index contributed by atoms with van der Waals surface area (Å²) in [6, 6.07) is 15.4. The molecule has 1 aliphatic rings. The molecular weight excluding hydrogens is 358 g/mol. The summed E-state index contributed by atoms with van der Waals surface area (Å²) in [6.07, 6.45) is 1.57. The summed E-state index contributed by atoms with van der Waals surface area (Å²) >= 11 is 0. The zero-order valence-electron chi connectivity index (χ0n) is 16.1. The molecule has 0 saturated carbocycles. The second-order valence-corrected chi connectivity index (χ2v) is 6.62. The van der Waals surface area contributed by atoms with Crippen LogP contribution in [0.1, 0.15) is 24.0 Å².